The van der Waals surface area contributed by atoms with Gasteiger partial charge in [0.25, 0.3) is 5.91 Å². The van der Waals surface area contributed by atoms with Crippen LogP contribution in [0.5, 0.6) is 0 Å². The molecule has 3 rings (SSSR count). The smallest absolute Gasteiger partial charge is 0.252 e. The van der Waals surface area contributed by atoms with E-state index >= 15 is 0 Å². The van der Waals surface area contributed by atoms with Gasteiger partial charge in [-0.25, -0.2) is 0 Å². The van der Waals surface area contributed by atoms with Crippen molar-refractivity contribution in [3.05, 3.63) is 64.0 Å². The minimum absolute atomic E-state index is 0.123. The first-order valence-corrected chi connectivity index (χ1v) is 10.0. The SMILES string of the molecule is COCCn1c(=NC(=O)Cc2ccc(C(C)C)cc2)sc2cc(C)ccc21. The molecule has 0 fully saturated rings. The lowest BCUT2D eigenvalue weighted by Crippen LogP contribution is -2.19. The van der Waals surface area contributed by atoms with Crippen molar-refractivity contribution in [1.82, 2.24) is 4.57 Å². The average Bonchev–Trinajstić information content (AvgIpc) is 2.96. The van der Waals surface area contributed by atoms with Crippen molar-refractivity contribution >= 4 is 27.5 Å². The fourth-order valence-corrected chi connectivity index (χ4v) is 4.18. The Balaban J connectivity index is 1.90. The summed E-state index contributed by atoms with van der Waals surface area (Å²) in [7, 11) is 1.68. The molecule has 0 spiro atoms. The van der Waals surface area contributed by atoms with E-state index in [0.717, 1.165) is 20.6 Å². The highest BCUT2D eigenvalue weighted by Crippen LogP contribution is 2.19. The summed E-state index contributed by atoms with van der Waals surface area (Å²) in [5, 5.41) is 0. The lowest BCUT2D eigenvalue weighted by molar-refractivity contribution is -0.117. The first kappa shape index (κ1) is 19.5. The number of amides is 1. The van der Waals surface area contributed by atoms with E-state index in [1.165, 1.54) is 11.1 Å². The van der Waals surface area contributed by atoms with Crippen LogP contribution in [0.4, 0.5) is 0 Å². The molecule has 0 aliphatic rings. The highest BCUT2D eigenvalue weighted by Gasteiger charge is 2.09. The summed E-state index contributed by atoms with van der Waals surface area (Å²) >= 11 is 1.55. The van der Waals surface area contributed by atoms with Gasteiger partial charge in [0.2, 0.25) is 0 Å². The third-order valence-corrected chi connectivity index (χ3v) is 5.62. The monoisotopic (exact) mass is 382 g/mol. The van der Waals surface area contributed by atoms with E-state index in [0.29, 0.717) is 25.5 Å². The minimum atomic E-state index is -0.123. The quantitative estimate of drug-likeness (QED) is 0.632. The zero-order chi connectivity index (χ0) is 19.4. The zero-order valence-corrected chi connectivity index (χ0v) is 17.2. The lowest BCUT2D eigenvalue weighted by atomic mass is 10.0. The molecule has 1 heterocycles. The third-order valence-electron chi connectivity index (χ3n) is 4.58. The Kier molecular flexibility index (Phi) is 6.24. The van der Waals surface area contributed by atoms with E-state index in [9.17, 15) is 4.79 Å². The van der Waals surface area contributed by atoms with Crippen LogP contribution in [0.15, 0.2) is 47.5 Å². The van der Waals surface area contributed by atoms with E-state index in [-0.39, 0.29) is 5.91 Å². The number of hydrogen-bond donors (Lipinski definition) is 0. The van der Waals surface area contributed by atoms with Crippen LogP contribution in [-0.4, -0.2) is 24.2 Å². The molecule has 2 aromatic carbocycles. The normalized spacial score (nSPS) is 12.3. The van der Waals surface area contributed by atoms with Crippen molar-refractivity contribution in [3.8, 4) is 0 Å². The molecule has 0 bridgehead atoms. The van der Waals surface area contributed by atoms with Crippen LogP contribution in [0.25, 0.3) is 10.2 Å². The molecule has 0 saturated carbocycles. The van der Waals surface area contributed by atoms with Gasteiger partial charge in [0.1, 0.15) is 0 Å². The van der Waals surface area contributed by atoms with Crippen LogP contribution in [0.1, 0.15) is 36.5 Å². The average molecular weight is 383 g/mol. The summed E-state index contributed by atoms with van der Waals surface area (Å²) in [6.45, 7) is 7.66. The molecule has 0 aliphatic heterocycles. The number of methoxy groups -OCH3 is 1. The molecule has 4 nitrogen and oxygen atoms in total. The number of carbonyl (C=O) groups is 1. The minimum Gasteiger partial charge on any atom is -0.383 e. The Bertz CT molecular complexity index is 997. The summed E-state index contributed by atoms with van der Waals surface area (Å²) in [5.74, 6) is 0.364. The molecular weight excluding hydrogens is 356 g/mol. The van der Waals surface area contributed by atoms with Crippen LogP contribution >= 0.6 is 11.3 Å². The molecule has 0 saturated heterocycles. The Morgan fingerprint density at radius 1 is 1.19 bits per heavy atom. The second-order valence-corrected chi connectivity index (χ2v) is 8.09. The molecule has 1 amide bonds. The summed E-state index contributed by atoms with van der Waals surface area (Å²) < 4.78 is 8.44. The molecule has 0 radical (unpaired) electrons. The molecular formula is C22H26N2O2S. The van der Waals surface area contributed by atoms with E-state index in [2.05, 4.69) is 60.7 Å². The summed E-state index contributed by atoms with van der Waals surface area (Å²) in [4.78, 5) is 17.7. The Morgan fingerprint density at radius 3 is 2.59 bits per heavy atom. The van der Waals surface area contributed by atoms with Crippen molar-refractivity contribution in [3.63, 3.8) is 0 Å². The second kappa shape index (κ2) is 8.63. The Labute approximate surface area is 164 Å². The molecule has 5 heteroatoms. The number of ether oxygens (including phenoxy) is 1. The molecule has 1 aromatic heterocycles. The van der Waals surface area contributed by atoms with Crippen molar-refractivity contribution in [1.29, 1.82) is 0 Å². The van der Waals surface area contributed by atoms with Crippen LogP contribution in [0.3, 0.4) is 0 Å². The molecule has 0 N–H and O–H groups in total. The maximum atomic E-state index is 12.6. The van der Waals surface area contributed by atoms with Gasteiger partial charge >= 0.3 is 0 Å². The first-order chi connectivity index (χ1) is 13.0. The van der Waals surface area contributed by atoms with Gasteiger partial charge in [-0.1, -0.05) is 55.5 Å². The van der Waals surface area contributed by atoms with E-state index < -0.39 is 0 Å². The highest BCUT2D eigenvalue weighted by molar-refractivity contribution is 7.16. The lowest BCUT2D eigenvalue weighted by Gasteiger charge is -2.06. The largest absolute Gasteiger partial charge is 0.383 e. The van der Waals surface area contributed by atoms with Crippen LogP contribution in [-0.2, 0) is 22.5 Å². The summed E-state index contributed by atoms with van der Waals surface area (Å²) in [6.07, 6.45) is 0.315. The van der Waals surface area contributed by atoms with E-state index in [4.69, 9.17) is 4.74 Å². The number of nitrogens with zero attached hydrogens (tertiary/aromatic N) is 2. The number of aryl methyl sites for hydroxylation is 1. The number of benzene rings is 2. The molecule has 27 heavy (non-hydrogen) atoms. The summed E-state index contributed by atoms with van der Waals surface area (Å²) in [5.41, 5.74) is 4.57. The third kappa shape index (κ3) is 4.73. The number of fused-ring (bicyclic) bond motifs is 1. The highest BCUT2D eigenvalue weighted by atomic mass is 32.1. The van der Waals surface area contributed by atoms with Gasteiger partial charge in [-0.3, -0.25) is 4.79 Å². The molecule has 0 aliphatic carbocycles. The predicted molar refractivity (Wildman–Crippen MR) is 111 cm³/mol. The summed E-state index contributed by atoms with van der Waals surface area (Å²) in [6, 6.07) is 14.5. The van der Waals surface area contributed by atoms with Crippen molar-refractivity contribution in [2.24, 2.45) is 4.99 Å². The standard InChI is InChI=1S/C22H26N2O2S/c1-15(2)18-8-6-17(7-9-18)14-21(25)23-22-24(11-12-26-4)19-10-5-16(3)13-20(19)27-22/h5-10,13,15H,11-12,14H2,1-4H3. The van der Waals surface area contributed by atoms with Crippen molar-refractivity contribution < 1.29 is 9.53 Å². The predicted octanol–water partition coefficient (Wildman–Crippen LogP) is 4.45. The molecule has 3 aromatic rings. The van der Waals surface area contributed by atoms with Crippen molar-refractivity contribution in [2.45, 2.75) is 39.7 Å². The number of thiazole rings is 1. The number of carbonyl (C=O) groups excluding carboxylic acids is 1. The number of hydrogen-bond acceptors (Lipinski definition) is 3. The second-order valence-electron chi connectivity index (χ2n) is 7.08. The van der Waals surface area contributed by atoms with Gasteiger partial charge in [0.15, 0.2) is 4.80 Å². The van der Waals surface area contributed by atoms with Crippen molar-refractivity contribution in [2.75, 3.05) is 13.7 Å². The van der Waals surface area contributed by atoms with Gasteiger partial charge < -0.3 is 9.30 Å². The van der Waals surface area contributed by atoms with Crippen LogP contribution in [0, 0.1) is 6.92 Å². The fourth-order valence-electron chi connectivity index (χ4n) is 3.01. The zero-order valence-electron chi connectivity index (χ0n) is 16.4. The Hall–Kier alpha value is -2.24. The topological polar surface area (TPSA) is 43.6 Å². The fraction of sp³-hybridized carbons (Fsp3) is 0.364. The van der Waals surface area contributed by atoms with Gasteiger partial charge in [-0.15, -0.1) is 0 Å². The molecule has 0 atom stereocenters. The van der Waals surface area contributed by atoms with Gasteiger partial charge in [0.05, 0.1) is 23.2 Å². The van der Waals surface area contributed by atoms with Crippen LogP contribution in [0.2, 0.25) is 0 Å². The van der Waals surface area contributed by atoms with Gasteiger partial charge in [-0.2, -0.15) is 4.99 Å². The molecule has 142 valence electrons. The van der Waals surface area contributed by atoms with E-state index in [1.807, 2.05) is 12.1 Å². The van der Waals surface area contributed by atoms with Crippen LogP contribution < -0.4 is 4.80 Å². The van der Waals surface area contributed by atoms with Gasteiger partial charge in [-0.05, 0) is 41.7 Å². The maximum Gasteiger partial charge on any atom is 0.252 e. The Morgan fingerprint density at radius 2 is 1.93 bits per heavy atom. The number of rotatable bonds is 6. The maximum absolute atomic E-state index is 12.6. The first-order valence-electron chi connectivity index (χ1n) is 9.23. The van der Waals surface area contributed by atoms with Gasteiger partial charge in [0, 0.05) is 13.7 Å². The van der Waals surface area contributed by atoms with E-state index in [1.54, 1.807) is 18.4 Å². The number of aromatic nitrogens is 1. The molecule has 0 unspecified atom stereocenters.